The van der Waals surface area contributed by atoms with Gasteiger partial charge in [-0.25, -0.2) is 10.5 Å². The summed E-state index contributed by atoms with van der Waals surface area (Å²) < 4.78 is 2.63. The maximum atomic E-state index is 9.12. The van der Waals surface area contributed by atoms with Crippen LogP contribution in [0.25, 0.3) is 38.6 Å². The molecule has 4 aromatic heterocycles. The van der Waals surface area contributed by atoms with Crippen LogP contribution in [0.2, 0.25) is 0 Å². The van der Waals surface area contributed by atoms with Crippen molar-refractivity contribution < 1.29 is 0 Å². The van der Waals surface area contributed by atoms with Gasteiger partial charge in [0.05, 0.1) is 28.9 Å². The molecule has 0 unspecified atom stereocenters. The summed E-state index contributed by atoms with van der Waals surface area (Å²) >= 11 is 6.75. The van der Waals surface area contributed by atoms with E-state index < -0.39 is 0 Å². The van der Waals surface area contributed by atoms with Gasteiger partial charge in [-0.1, -0.05) is 73.5 Å². The van der Waals surface area contributed by atoms with Crippen molar-refractivity contribution in [3.8, 4) is 31.6 Å². The van der Waals surface area contributed by atoms with Crippen LogP contribution in [0.15, 0.2) is 22.1 Å². The molecule has 4 aromatic rings. The first-order chi connectivity index (χ1) is 17.1. The topological polar surface area (TPSA) is 81.0 Å². The van der Waals surface area contributed by atoms with Gasteiger partial charge in [0, 0.05) is 23.0 Å². The minimum atomic E-state index is -0.216. The highest BCUT2D eigenvalue weighted by Gasteiger charge is 2.47. The third-order valence-electron chi connectivity index (χ3n) is 6.81. The molecule has 0 aromatic carbocycles. The SMILES string of the molecule is [C-]#[N+]C(C#N)=Nc1cc2c(s1)-c1sc3c4c(sc3c1C2(C)C)-c1sc(N=C(C#N)[N+]#[C-])cc1C4(C)C. The highest BCUT2D eigenvalue weighted by molar-refractivity contribution is 7.35. The summed E-state index contributed by atoms with van der Waals surface area (Å²) in [5.41, 5.74) is 4.65. The van der Waals surface area contributed by atoms with Gasteiger partial charge in [-0.15, -0.1) is 22.7 Å². The van der Waals surface area contributed by atoms with E-state index in [0.717, 1.165) is 0 Å². The maximum Gasteiger partial charge on any atom is 0.350 e. The van der Waals surface area contributed by atoms with Crippen molar-refractivity contribution >= 4 is 76.4 Å². The van der Waals surface area contributed by atoms with Crippen molar-refractivity contribution in [1.82, 2.24) is 0 Å². The Morgan fingerprint density at radius 1 is 0.722 bits per heavy atom. The lowest BCUT2D eigenvalue weighted by Crippen LogP contribution is -2.14. The Balaban J connectivity index is 1.54. The van der Waals surface area contributed by atoms with Crippen LogP contribution < -0.4 is 0 Å². The van der Waals surface area contributed by atoms with Crippen LogP contribution in [0.4, 0.5) is 10.0 Å². The Bertz CT molecular complexity index is 1720. The largest absolute Gasteiger partial charge is 0.351 e. The van der Waals surface area contributed by atoms with Crippen LogP contribution in [0.5, 0.6) is 0 Å². The monoisotopic (exact) mass is 538 g/mol. The molecule has 6 nitrogen and oxygen atoms in total. The van der Waals surface area contributed by atoms with Gasteiger partial charge < -0.3 is 9.69 Å². The summed E-state index contributed by atoms with van der Waals surface area (Å²) in [5, 5.41) is 19.6. The molecular weight excluding hydrogens is 525 g/mol. The summed E-state index contributed by atoms with van der Waals surface area (Å²) in [6.45, 7) is 23.2. The zero-order valence-electron chi connectivity index (χ0n) is 19.5. The van der Waals surface area contributed by atoms with Gasteiger partial charge in [0.15, 0.2) is 0 Å². The molecule has 2 aliphatic carbocycles. The molecule has 4 heterocycles. The fourth-order valence-corrected chi connectivity index (χ4v) is 11.3. The van der Waals surface area contributed by atoms with E-state index in [1.54, 1.807) is 22.7 Å². The van der Waals surface area contributed by atoms with Crippen molar-refractivity contribution in [2.75, 3.05) is 0 Å². The predicted molar refractivity (Wildman–Crippen MR) is 149 cm³/mol. The molecular formula is C26H14N6S4. The molecule has 2 aliphatic rings. The van der Waals surface area contributed by atoms with E-state index in [1.807, 2.05) is 46.9 Å². The molecule has 0 bridgehead atoms. The molecule has 0 spiro atoms. The summed E-state index contributed by atoms with van der Waals surface area (Å²) in [5.74, 6) is -0.291. The number of thiophene rings is 4. The molecule has 0 amide bonds. The lowest BCUT2D eigenvalue weighted by molar-refractivity contribution is 0.666. The van der Waals surface area contributed by atoms with E-state index in [9.17, 15) is 0 Å². The quantitative estimate of drug-likeness (QED) is 0.145. The minimum absolute atomic E-state index is 0.146. The Kier molecular flexibility index (Phi) is 4.71. The summed E-state index contributed by atoms with van der Waals surface area (Å²) in [6, 6.07) is 7.76. The van der Waals surface area contributed by atoms with Gasteiger partial charge in [0.1, 0.15) is 12.1 Å². The number of rotatable bonds is 2. The highest BCUT2D eigenvalue weighted by Crippen LogP contribution is 2.66. The molecule has 0 saturated heterocycles. The Morgan fingerprint density at radius 2 is 1.11 bits per heavy atom. The second-order valence-corrected chi connectivity index (χ2v) is 13.6. The first kappa shape index (κ1) is 22.8. The zero-order chi connectivity index (χ0) is 25.6. The molecule has 0 radical (unpaired) electrons. The smallest absolute Gasteiger partial charge is 0.350 e. The number of nitriles is 2. The number of hydrogen-bond donors (Lipinski definition) is 0. The third kappa shape index (κ3) is 2.82. The molecule has 172 valence electrons. The number of aliphatic imine (C=N–C) groups is 2. The van der Waals surface area contributed by atoms with Crippen molar-refractivity contribution in [1.29, 1.82) is 10.5 Å². The number of hydrogen-bond acceptors (Lipinski definition) is 8. The van der Waals surface area contributed by atoms with Gasteiger partial charge >= 0.3 is 11.7 Å². The van der Waals surface area contributed by atoms with Crippen LogP contribution in [0.3, 0.4) is 0 Å². The first-order valence-corrected chi connectivity index (χ1v) is 14.0. The Morgan fingerprint density at radius 3 is 1.44 bits per heavy atom. The van der Waals surface area contributed by atoms with Crippen LogP contribution in [-0.4, -0.2) is 11.7 Å². The lowest BCUT2D eigenvalue weighted by atomic mass is 9.82. The van der Waals surface area contributed by atoms with E-state index in [0.29, 0.717) is 10.0 Å². The molecule has 10 heteroatoms. The van der Waals surface area contributed by atoms with Crippen LogP contribution in [0, 0.1) is 35.8 Å². The average Bonchev–Trinajstić information content (AvgIpc) is 3.63. The molecule has 6 rings (SSSR count). The van der Waals surface area contributed by atoms with Crippen molar-refractivity contribution in [2.24, 2.45) is 9.98 Å². The van der Waals surface area contributed by atoms with E-state index in [2.05, 4.69) is 47.4 Å². The third-order valence-corrected chi connectivity index (χ3v) is 11.7. The number of fused-ring (bicyclic) bond motifs is 9. The van der Waals surface area contributed by atoms with Crippen LogP contribution in [0.1, 0.15) is 49.9 Å². The van der Waals surface area contributed by atoms with Gasteiger partial charge in [0.2, 0.25) is 10.0 Å². The predicted octanol–water partition coefficient (Wildman–Crippen LogP) is 8.64. The van der Waals surface area contributed by atoms with E-state index >= 15 is 0 Å². The fourth-order valence-electron chi connectivity index (χ4n) is 5.15. The second-order valence-electron chi connectivity index (χ2n) is 9.49. The standard InChI is InChI=1S/C26H14N6S4/c1-25(2)11-7-15(31-13(9-27)29-5)33-19(11)21-17(25)23-24(35-21)18-22(36-23)20-12(26(18,3)4)8-16(34-20)32-14(10-28)30-6/h7-8H,1-4H3. The van der Waals surface area contributed by atoms with Gasteiger partial charge in [-0.05, 0) is 22.3 Å². The maximum absolute atomic E-state index is 9.12. The van der Waals surface area contributed by atoms with Gasteiger partial charge in [0.25, 0.3) is 0 Å². The van der Waals surface area contributed by atoms with E-state index in [4.69, 9.17) is 23.7 Å². The van der Waals surface area contributed by atoms with E-state index in [1.165, 1.54) is 51.2 Å². The molecule has 0 saturated carbocycles. The molecule has 0 fully saturated rings. The Labute approximate surface area is 223 Å². The average molecular weight is 539 g/mol. The second kappa shape index (κ2) is 7.43. The Hall–Kier alpha value is -3.64. The summed E-state index contributed by atoms with van der Waals surface area (Å²) in [4.78, 5) is 19.8. The van der Waals surface area contributed by atoms with Crippen molar-refractivity contribution in [3.05, 3.63) is 57.2 Å². The minimum Gasteiger partial charge on any atom is -0.351 e. The normalized spacial score (nSPS) is 16.4. The number of nitrogens with zero attached hydrogens (tertiary/aromatic N) is 6. The van der Waals surface area contributed by atoms with E-state index in [-0.39, 0.29) is 22.5 Å². The fraction of sp³-hybridized carbons (Fsp3) is 0.231. The van der Waals surface area contributed by atoms with Gasteiger partial charge in [-0.3, -0.25) is 0 Å². The van der Waals surface area contributed by atoms with Crippen molar-refractivity contribution in [3.63, 3.8) is 0 Å². The first-order valence-electron chi connectivity index (χ1n) is 10.8. The molecule has 0 atom stereocenters. The summed E-state index contributed by atoms with van der Waals surface area (Å²) in [6.07, 6.45) is 0. The molecule has 36 heavy (non-hydrogen) atoms. The highest BCUT2D eigenvalue weighted by atomic mass is 32.1. The molecule has 0 aliphatic heterocycles. The van der Waals surface area contributed by atoms with Crippen molar-refractivity contribution in [2.45, 2.75) is 38.5 Å². The van der Waals surface area contributed by atoms with Crippen LogP contribution >= 0.6 is 45.3 Å². The molecule has 0 N–H and O–H groups in total. The lowest BCUT2D eigenvalue weighted by Gasteiger charge is -2.20. The number of amidine groups is 2. The summed E-state index contributed by atoms with van der Waals surface area (Å²) in [7, 11) is 0. The zero-order valence-corrected chi connectivity index (χ0v) is 22.7. The van der Waals surface area contributed by atoms with Gasteiger partial charge in [-0.2, -0.15) is 0 Å². The van der Waals surface area contributed by atoms with Crippen LogP contribution in [-0.2, 0) is 10.8 Å².